The van der Waals surface area contributed by atoms with Gasteiger partial charge in [-0.3, -0.25) is 9.59 Å². The smallest absolute Gasteiger partial charge is 0.256 e. The molecule has 2 aromatic carbocycles. The van der Waals surface area contributed by atoms with Crippen LogP contribution >= 0.6 is 11.8 Å². The van der Waals surface area contributed by atoms with E-state index >= 15 is 0 Å². The van der Waals surface area contributed by atoms with Crippen LogP contribution in [0.2, 0.25) is 0 Å². The molecule has 0 saturated carbocycles. The van der Waals surface area contributed by atoms with Gasteiger partial charge < -0.3 is 20.1 Å². The Bertz CT molecular complexity index is 1120. The number of benzene rings is 2. The highest BCUT2D eigenvalue weighted by atomic mass is 32.2. The topological polar surface area (TPSA) is 89.5 Å². The van der Waals surface area contributed by atoms with Crippen LogP contribution < -0.4 is 15.4 Å². The number of hydrogen-bond donors (Lipinski definition) is 2. The number of nitrogens with one attached hydrogen (secondary N) is 2. The molecule has 0 radical (unpaired) electrons. The molecule has 7 nitrogen and oxygen atoms in total. The highest BCUT2D eigenvalue weighted by molar-refractivity contribution is 7.99. The van der Waals surface area contributed by atoms with Gasteiger partial charge in [-0.1, -0.05) is 42.1 Å². The van der Waals surface area contributed by atoms with Crippen LogP contribution in [0.4, 0.5) is 5.69 Å². The van der Waals surface area contributed by atoms with Gasteiger partial charge in [0.2, 0.25) is 5.91 Å². The summed E-state index contributed by atoms with van der Waals surface area (Å²) in [5.41, 5.74) is 1.77. The Morgan fingerprint density at radius 3 is 2.81 bits per heavy atom. The number of hydrogen-bond acceptors (Lipinski definition) is 6. The number of rotatable bonds is 8. The van der Waals surface area contributed by atoms with Crippen LogP contribution in [0, 0.1) is 0 Å². The molecule has 1 aliphatic heterocycles. The molecule has 32 heavy (non-hydrogen) atoms. The summed E-state index contributed by atoms with van der Waals surface area (Å²) in [7, 11) is 1.56. The van der Waals surface area contributed by atoms with E-state index in [9.17, 15) is 9.59 Å². The van der Waals surface area contributed by atoms with Gasteiger partial charge in [0, 0.05) is 18.5 Å². The molecule has 8 heteroatoms. The highest BCUT2D eigenvalue weighted by Gasteiger charge is 2.18. The number of aromatic nitrogens is 1. The summed E-state index contributed by atoms with van der Waals surface area (Å²) in [6.45, 7) is 1.28. The Hall–Kier alpha value is -3.10. The van der Waals surface area contributed by atoms with Gasteiger partial charge in [-0.15, -0.1) is 0 Å². The number of thioether (sulfide) groups is 1. The minimum atomic E-state index is -0.266. The fourth-order valence-corrected chi connectivity index (χ4v) is 4.32. The molecule has 0 spiro atoms. The largest absolute Gasteiger partial charge is 0.495 e. The highest BCUT2D eigenvalue weighted by Crippen LogP contribution is 2.27. The predicted molar refractivity (Wildman–Crippen MR) is 125 cm³/mol. The molecule has 1 atom stereocenters. The van der Waals surface area contributed by atoms with E-state index < -0.39 is 0 Å². The maximum atomic E-state index is 13.1. The lowest BCUT2D eigenvalue weighted by Crippen LogP contribution is -2.32. The van der Waals surface area contributed by atoms with Crippen molar-refractivity contribution in [2.45, 2.75) is 24.0 Å². The molecule has 1 saturated heterocycles. The van der Waals surface area contributed by atoms with Crippen LogP contribution in [-0.2, 0) is 9.53 Å². The van der Waals surface area contributed by atoms with Crippen LogP contribution in [0.5, 0.6) is 5.75 Å². The van der Waals surface area contributed by atoms with E-state index in [0.29, 0.717) is 34.1 Å². The molecule has 166 valence electrons. The van der Waals surface area contributed by atoms with Gasteiger partial charge in [-0.05, 0) is 37.1 Å². The maximum absolute atomic E-state index is 13.1. The normalized spacial score (nSPS) is 15.5. The average molecular weight is 452 g/mol. The van der Waals surface area contributed by atoms with Crippen molar-refractivity contribution in [1.82, 2.24) is 10.3 Å². The third-order valence-electron chi connectivity index (χ3n) is 5.19. The van der Waals surface area contributed by atoms with Crippen molar-refractivity contribution in [3.63, 3.8) is 0 Å². The maximum Gasteiger partial charge on any atom is 0.256 e. The number of amides is 2. The van der Waals surface area contributed by atoms with Crippen molar-refractivity contribution in [1.29, 1.82) is 0 Å². The standard InChI is InChI=1S/C24H25N3O4S/c1-30-21-11-5-4-10-20(21)27-24(29)18-13-23(26-19-9-3-2-8-17(18)19)32-15-22(28)25-14-16-7-6-12-31-16/h2-5,8-11,13,16H,6-7,12,14-15H2,1H3,(H,25,28)(H,27,29). The van der Waals surface area contributed by atoms with E-state index in [0.717, 1.165) is 24.8 Å². The number of carbonyl (C=O) groups excluding carboxylic acids is 2. The third kappa shape index (κ3) is 5.38. The second kappa shape index (κ2) is 10.5. The Morgan fingerprint density at radius 2 is 2.00 bits per heavy atom. The third-order valence-corrected chi connectivity index (χ3v) is 6.11. The molecule has 1 fully saturated rings. The van der Waals surface area contributed by atoms with Crippen molar-refractivity contribution < 1.29 is 19.1 Å². The lowest BCUT2D eigenvalue weighted by Gasteiger charge is -2.13. The number of fused-ring (bicyclic) bond motifs is 1. The summed E-state index contributed by atoms with van der Waals surface area (Å²) >= 11 is 1.30. The molecule has 2 amide bonds. The molecule has 4 rings (SSSR count). The van der Waals surface area contributed by atoms with E-state index in [4.69, 9.17) is 9.47 Å². The monoisotopic (exact) mass is 451 g/mol. The lowest BCUT2D eigenvalue weighted by atomic mass is 10.1. The predicted octanol–water partition coefficient (Wildman–Crippen LogP) is 3.88. The molecule has 1 aromatic heterocycles. The Balaban J connectivity index is 1.49. The summed E-state index contributed by atoms with van der Waals surface area (Å²) in [5, 5.41) is 7.18. The van der Waals surface area contributed by atoms with E-state index in [1.807, 2.05) is 36.4 Å². The van der Waals surface area contributed by atoms with E-state index in [1.165, 1.54) is 11.8 Å². The zero-order valence-electron chi connectivity index (χ0n) is 17.8. The van der Waals surface area contributed by atoms with Crippen LogP contribution in [0.15, 0.2) is 59.6 Å². The van der Waals surface area contributed by atoms with E-state index in [-0.39, 0.29) is 23.7 Å². The van der Waals surface area contributed by atoms with E-state index in [2.05, 4.69) is 15.6 Å². The first-order chi connectivity index (χ1) is 15.6. The summed E-state index contributed by atoms with van der Waals surface area (Å²) < 4.78 is 10.9. The van der Waals surface area contributed by atoms with Crippen molar-refractivity contribution in [3.05, 3.63) is 60.2 Å². The lowest BCUT2D eigenvalue weighted by molar-refractivity contribution is -0.119. The SMILES string of the molecule is COc1ccccc1NC(=O)c1cc(SCC(=O)NCC2CCCO2)nc2ccccc12. The Kier molecular flexibility index (Phi) is 7.24. The first-order valence-electron chi connectivity index (χ1n) is 10.5. The number of ether oxygens (including phenoxy) is 2. The molecular weight excluding hydrogens is 426 g/mol. The van der Waals surface area contributed by atoms with Crippen LogP contribution in [0.25, 0.3) is 10.9 Å². The van der Waals surface area contributed by atoms with Gasteiger partial charge in [0.05, 0.1) is 40.8 Å². The molecule has 3 aromatic rings. The van der Waals surface area contributed by atoms with Gasteiger partial charge in [0.1, 0.15) is 5.75 Å². The zero-order valence-corrected chi connectivity index (χ0v) is 18.6. The summed E-state index contributed by atoms with van der Waals surface area (Å²) in [4.78, 5) is 30.0. The Labute approximate surface area is 190 Å². The van der Waals surface area contributed by atoms with Gasteiger partial charge in [0.25, 0.3) is 5.91 Å². The van der Waals surface area contributed by atoms with Gasteiger partial charge in [-0.2, -0.15) is 0 Å². The second-order valence-electron chi connectivity index (χ2n) is 7.41. The summed E-state index contributed by atoms with van der Waals surface area (Å²) in [6.07, 6.45) is 2.12. The van der Waals surface area contributed by atoms with Crippen LogP contribution in [-0.4, -0.2) is 48.9 Å². The number of nitrogens with zero attached hydrogens (tertiary/aromatic N) is 1. The molecular formula is C24H25N3O4S. The number of para-hydroxylation sites is 3. The fourth-order valence-electron chi connectivity index (χ4n) is 3.57. The first-order valence-corrected chi connectivity index (χ1v) is 11.5. The molecule has 2 heterocycles. The zero-order chi connectivity index (χ0) is 22.3. The molecule has 1 aliphatic rings. The van der Waals surface area contributed by atoms with Crippen molar-refractivity contribution in [2.24, 2.45) is 0 Å². The average Bonchev–Trinajstić information content (AvgIpc) is 3.35. The molecule has 2 N–H and O–H groups in total. The quantitative estimate of drug-likeness (QED) is 0.505. The van der Waals surface area contributed by atoms with Gasteiger partial charge in [-0.25, -0.2) is 4.98 Å². The second-order valence-corrected chi connectivity index (χ2v) is 8.40. The number of pyridine rings is 1. The van der Waals surface area contributed by atoms with Crippen LogP contribution in [0.1, 0.15) is 23.2 Å². The van der Waals surface area contributed by atoms with Crippen molar-refractivity contribution >= 4 is 40.2 Å². The number of anilines is 1. The number of methoxy groups -OCH3 is 1. The van der Waals surface area contributed by atoms with Crippen molar-refractivity contribution in [3.8, 4) is 5.75 Å². The first kappa shape index (κ1) is 22.1. The molecule has 0 bridgehead atoms. The van der Waals surface area contributed by atoms with Gasteiger partial charge in [0.15, 0.2) is 0 Å². The summed E-state index contributed by atoms with van der Waals surface area (Å²) in [6, 6.07) is 16.4. The number of carbonyl (C=O) groups is 2. The summed E-state index contributed by atoms with van der Waals surface area (Å²) in [5.74, 6) is 0.445. The molecule has 1 unspecified atom stereocenters. The fraction of sp³-hybridized carbons (Fsp3) is 0.292. The molecule has 0 aliphatic carbocycles. The minimum absolute atomic E-state index is 0.0829. The Morgan fingerprint density at radius 1 is 1.19 bits per heavy atom. The van der Waals surface area contributed by atoms with E-state index in [1.54, 1.807) is 25.3 Å². The van der Waals surface area contributed by atoms with Crippen LogP contribution in [0.3, 0.4) is 0 Å². The minimum Gasteiger partial charge on any atom is -0.495 e. The van der Waals surface area contributed by atoms with Crippen molar-refractivity contribution in [2.75, 3.05) is 31.3 Å². The van der Waals surface area contributed by atoms with Gasteiger partial charge >= 0.3 is 0 Å².